The average molecular weight is 288 g/mol. The first-order chi connectivity index (χ1) is 9.69. The number of aryl methyl sites for hydroxylation is 1. The number of methoxy groups -OCH3 is 1. The Morgan fingerprint density at radius 1 is 1.45 bits per heavy atom. The van der Waals surface area contributed by atoms with E-state index in [1.54, 1.807) is 24.8 Å². The van der Waals surface area contributed by atoms with Crippen LogP contribution in [0.5, 0.6) is 5.75 Å². The molecule has 0 radical (unpaired) electrons. The summed E-state index contributed by atoms with van der Waals surface area (Å²) in [5, 5.41) is 10.5. The Morgan fingerprint density at radius 3 is 3.10 bits per heavy atom. The van der Waals surface area contributed by atoms with Gasteiger partial charge in [-0.15, -0.1) is 11.3 Å². The molecule has 0 aliphatic rings. The largest absolute Gasteiger partial charge is 0.497 e. The van der Waals surface area contributed by atoms with Crippen molar-refractivity contribution in [3.8, 4) is 5.75 Å². The van der Waals surface area contributed by atoms with Crippen LogP contribution in [-0.4, -0.2) is 21.6 Å². The maximum absolute atomic E-state index is 10.5. The van der Waals surface area contributed by atoms with E-state index in [0.717, 1.165) is 26.7 Å². The van der Waals surface area contributed by atoms with Gasteiger partial charge in [-0.25, -0.2) is 4.98 Å². The number of rotatable bonds is 4. The Kier molecular flexibility index (Phi) is 3.46. The third kappa shape index (κ3) is 2.30. The van der Waals surface area contributed by atoms with Crippen molar-refractivity contribution in [3.63, 3.8) is 0 Å². The Labute approximate surface area is 121 Å². The second kappa shape index (κ2) is 5.26. The molecule has 104 valence electrons. The molecule has 1 N–H and O–H groups in total. The van der Waals surface area contributed by atoms with Gasteiger partial charge in [-0.05, 0) is 24.6 Å². The number of ether oxygens (including phenoxy) is 1. The highest BCUT2D eigenvalue weighted by atomic mass is 32.1. The predicted octanol–water partition coefficient (Wildman–Crippen LogP) is 2.99. The van der Waals surface area contributed by atoms with Crippen LogP contribution in [-0.2, 0) is 6.42 Å². The van der Waals surface area contributed by atoms with Crippen molar-refractivity contribution in [1.82, 2.24) is 9.38 Å². The van der Waals surface area contributed by atoms with Gasteiger partial charge in [0, 0.05) is 11.3 Å². The molecule has 1 aromatic carbocycles. The van der Waals surface area contributed by atoms with Gasteiger partial charge in [0.2, 0.25) is 0 Å². The monoisotopic (exact) mass is 288 g/mol. The Balaban J connectivity index is 1.90. The van der Waals surface area contributed by atoms with Crippen LogP contribution in [0, 0.1) is 6.92 Å². The minimum Gasteiger partial charge on any atom is -0.497 e. The molecule has 5 heteroatoms. The minimum absolute atomic E-state index is 0.551. The molecule has 4 nitrogen and oxygen atoms in total. The number of hydrogen-bond donors (Lipinski definition) is 1. The number of benzene rings is 1. The molecule has 2 heterocycles. The summed E-state index contributed by atoms with van der Waals surface area (Å²) in [6.45, 7) is 2.03. The van der Waals surface area contributed by atoms with E-state index in [-0.39, 0.29) is 0 Å². The predicted molar refractivity (Wildman–Crippen MR) is 79.5 cm³/mol. The number of hydrogen-bond acceptors (Lipinski definition) is 4. The van der Waals surface area contributed by atoms with Crippen molar-refractivity contribution >= 4 is 16.2 Å². The zero-order valence-electron chi connectivity index (χ0n) is 11.4. The number of nitrogens with zero attached hydrogens (tertiary/aromatic N) is 2. The zero-order chi connectivity index (χ0) is 14.1. The topological polar surface area (TPSA) is 46.8 Å². The van der Waals surface area contributed by atoms with Gasteiger partial charge in [0.25, 0.3) is 0 Å². The van der Waals surface area contributed by atoms with Crippen molar-refractivity contribution in [1.29, 1.82) is 0 Å². The van der Waals surface area contributed by atoms with Crippen LogP contribution < -0.4 is 4.74 Å². The first-order valence-electron chi connectivity index (χ1n) is 6.41. The summed E-state index contributed by atoms with van der Waals surface area (Å²) in [6.07, 6.45) is 3.58. The summed E-state index contributed by atoms with van der Waals surface area (Å²) in [5.74, 6) is 0.810. The number of aliphatic hydroxyl groups excluding tert-OH is 1. The molecule has 0 spiro atoms. The van der Waals surface area contributed by atoms with Gasteiger partial charge in [-0.2, -0.15) is 0 Å². The van der Waals surface area contributed by atoms with Crippen molar-refractivity contribution in [2.45, 2.75) is 19.4 Å². The fourth-order valence-corrected chi connectivity index (χ4v) is 3.44. The standard InChI is InChI=1S/C15H16N2O2S/c1-10-15(17-9-16-8-14(17)20-10)13(18)7-11-4-3-5-12(6-11)19-2/h3-6,8-9,13,18H,7H2,1-2H3. The number of thiazole rings is 1. The van der Waals surface area contributed by atoms with Crippen LogP contribution in [0.2, 0.25) is 0 Å². The van der Waals surface area contributed by atoms with Crippen LogP contribution >= 0.6 is 11.3 Å². The van der Waals surface area contributed by atoms with Crippen LogP contribution in [0.1, 0.15) is 22.2 Å². The highest BCUT2D eigenvalue weighted by molar-refractivity contribution is 7.17. The lowest BCUT2D eigenvalue weighted by atomic mass is 10.0. The van der Waals surface area contributed by atoms with Gasteiger partial charge in [0.1, 0.15) is 16.9 Å². The van der Waals surface area contributed by atoms with Gasteiger partial charge in [0.05, 0.1) is 25.1 Å². The second-order valence-electron chi connectivity index (χ2n) is 4.72. The fraction of sp³-hybridized carbons (Fsp3) is 0.267. The van der Waals surface area contributed by atoms with E-state index >= 15 is 0 Å². The Hall–Kier alpha value is -1.85. The SMILES string of the molecule is COc1cccc(CC(O)c2c(C)sc3cncn23)c1. The summed E-state index contributed by atoms with van der Waals surface area (Å²) in [7, 11) is 1.65. The van der Waals surface area contributed by atoms with Gasteiger partial charge in [0.15, 0.2) is 0 Å². The molecular formula is C15H16N2O2S. The second-order valence-corrected chi connectivity index (χ2v) is 5.95. The normalized spacial score (nSPS) is 12.8. The van der Waals surface area contributed by atoms with Crippen molar-refractivity contribution in [3.05, 3.63) is 52.9 Å². The van der Waals surface area contributed by atoms with Crippen LogP contribution in [0.15, 0.2) is 36.8 Å². The summed E-state index contributed by atoms with van der Waals surface area (Å²) >= 11 is 1.65. The molecule has 0 amide bonds. The third-order valence-corrected chi connectivity index (χ3v) is 4.39. The van der Waals surface area contributed by atoms with E-state index in [1.807, 2.05) is 41.8 Å². The molecule has 0 aliphatic carbocycles. The highest BCUT2D eigenvalue weighted by Gasteiger charge is 2.18. The molecule has 20 heavy (non-hydrogen) atoms. The van der Waals surface area contributed by atoms with Gasteiger partial charge in [-0.3, -0.25) is 4.40 Å². The van der Waals surface area contributed by atoms with Gasteiger partial charge < -0.3 is 9.84 Å². The molecule has 3 aromatic rings. The van der Waals surface area contributed by atoms with Crippen LogP contribution in [0.25, 0.3) is 4.83 Å². The smallest absolute Gasteiger partial charge is 0.120 e. The number of aliphatic hydroxyl groups is 1. The van der Waals surface area contributed by atoms with E-state index in [2.05, 4.69) is 4.98 Å². The van der Waals surface area contributed by atoms with E-state index in [0.29, 0.717) is 6.42 Å². The Morgan fingerprint density at radius 2 is 2.30 bits per heavy atom. The van der Waals surface area contributed by atoms with Gasteiger partial charge >= 0.3 is 0 Å². The first-order valence-corrected chi connectivity index (χ1v) is 7.23. The molecule has 1 atom stereocenters. The van der Waals surface area contributed by atoms with E-state index in [9.17, 15) is 5.11 Å². The van der Waals surface area contributed by atoms with Crippen LogP contribution in [0.4, 0.5) is 0 Å². The van der Waals surface area contributed by atoms with E-state index in [4.69, 9.17) is 4.74 Å². The van der Waals surface area contributed by atoms with Gasteiger partial charge in [-0.1, -0.05) is 12.1 Å². The molecular weight excluding hydrogens is 272 g/mol. The fourth-order valence-electron chi connectivity index (χ4n) is 2.43. The Bertz CT molecular complexity index is 732. The number of aromatic nitrogens is 2. The summed E-state index contributed by atoms with van der Waals surface area (Å²) in [5.41, 5.74) is 1.97. The summed E-state index contributed by atoms with van der Waals surface area (Å²) < 4.78 is 7.18. The van der Waals surface area contributed by atoms with Crippen molar-refractivity contribution < 1.29 is 9.84 Å². The molecule has 0 aliphatic heterocycles. The minimum atomic E-state index is -0.551. The first kappa shape index (κ1) is 13.1. The molecule has 0 saturated carbocycles. The van der Waals surface area contributed by atoms with Crippen molar-refractivity contribution in [2.24, 2.45) is 0 Å². The molecule has 0 saturated heterocycles. The molecule has 2 aromatic heterocycles. The maximum atomic E-state index is 10.5. The third-order valence-electron chi connectivity index (χ3n) is 3.36. The molecule has 1 unspecified atom stereocenters. The van der Waals surface area contributed by atoms with E-state index in [1.165, 1.54) is 0 Å². The zero-order valence-corrected chi connectivity index (χ0v) is 12.2. The van der Waals surface area contributed by atoms with Crippen LogP contribution in [0.3, 0.4) is 0 Å². The lowest BCUT2D eigenvalue weighted by molar-refractivity contribution is 0.172. The summed E-state index contributed by atoms with van der Waals surface area (Å²) in [6, 6.07) is 7.79. The molecule has 0 fully saturated rings. The quantitative estimate of drug-likeness (QED) is 0.803. The molecule has 3 rings (SSSR count). The summed E-state index contributed by atoms with van der Waals surface area (Å²) in [4.78, 5) is 6.30. The lowest BCUT2D eigenvalue weighted by Gasteiger charge is -2.12. The molecule has 0 bridgehead atoms. The van der Waals surface area contributed by atoms with E-state index < -0.39 is 6.10 Å². The highest BCUT2D eigenvalue weighted by Crippen LogP contribution is 2.29. The number of imidazole rings is 1. The average Bonchev–Trinajstić information content (AvgIpc) is 2.98. The van der Waals surface area contributed by atoms with Crippen molar-refractivity contribution in [2.75, 3.05) is 7.11 Å². The maximum Gasteiger partial charge on any atom is 0.120 e. The number of fused-ring (bicyclic) bond motifs is 1. The lowest BCUT2D eigenvalue weighted by Crippen LogP contribution is -2.06.